The summed E-state index contributed by atoms with van der Waals surface area (Å²) < 4.78 is 39.6. The summed E-state index contributed by atoms with van der Waals surface area (Å²) in [7, 11) is 0. The first-order valence-corrected chi connectivity index (χ1v) is 6.79. The maximum absolute atomic E-state index is 13.2. The minimum atomic E-state index is -4.74. The van der Waals surface area contributed by atoms with E-state index >= 15 is 0 Å². The van der Waals surface area contributed by atoms with Crippen LogP contribution in [0.1, 0.15) is 24.1 Å². The van der Waals surface area contributed by atoms with Gasteiger partial charge in [0, 0.05) is 5.39 Å². The van der Waals surface area contributed by atoms with Gasteiger partial charge in [0.2, 0.25) is 5.60 Å². The van der Waals surface area contributed by atoms with Crippen LogP contribution in [0.15, 0.2) is 12.1 Å². The number of fused-ring (bicyclic) bond motifs is 3. The second kappa shape index (κ2) is 4.29. The Kier molecular flexibility index (Phi) is 3.01. The number of hydrogen-bond acceptors (Lipinski definition) is 1. The van der Waals surface area contributed by atoms with Crippen molar-refractivity contribution in [3.05, 3.63) is 33.4 Å². The van der Waals surface area contributed by atoms with Crippen LogP contribution in [0.3, 0.4) is 0 Å². The molecule has 20 heavy (non-hydrogen) atoms. The van der Waals surface area contributed by atoms with Crippen molar-refractivity contribution in [1.29, 1.82) is 0 Å². The Labute approximate surface area is 122 Å². The van der Waals surface area contributed by atoms with Gasteiger partial charge in [0.1, 0.15) is 0 Å². The highest BCUT2D eigenvalue weighted by Crippen LogP contribution is 2.49. The monoisotopic (exact) mass is 323 g/mol. The minimum absolute atomic E-state index is 0.170. The van der Waals surface area contributed by atoms with E-state index in [4.69, 9.17) is 23.2 Å². The summed E-state index contributed by atoms with van der Waals surface area (Å²) in [6.07, 6.45) is -4.37. The molecule has 3 rings (SSSR count). The molecule has 0 spiro atoms. The molecule has 1 unspecified atom stereocenters. The first-order chi connectivity index (χ1) is 9.25. The van der Waals surface area contributed by atoms with Gasteiger partial charge >= 0.3 is 6.18 Å². The number of aryl methyl sites for hydroxylation is 1. The molecular weight excluding hydrogens is 314 g/mol. The molecule has 0 radical (unpaired) electrons. The number of aromatic amines is 1. The molecule has 2 nitrogen and oxygen atoms in total. The highest BCUT2D eigenvalue weighted by molar-refractivity contribution is 6.45. The standard InChI is InChI=1S/C13H10Cl2F3NO/c14-8-4-3-6-7-2-1-5-12(20,13(16,17)18)11(7)19-10(6)9(8)15/h3-4,19-20H,1-2,5H2. The maximum Gasteiger partial charge on any atom is 0.422 e. The molecule has 0 aliphatic heterocycles. The van der Waals surface area contributed by atoms with E-state index in [0.717, 1.165) is 0 Å². The average molecular weight is 324 g/mol. The Hall–Kier alpha value is -0.910. The van der Waals surface area contributed by atoms with Crippen molar-refractivity contribution < 1.29 is 18.3 Å². The lowest BCUT2D eigenvalue weighted by Crippen LogP contribution is -2.45. The van der Waals surface area contributed by atoms with Gasteiger partial charge in [0.05, 0.1) is 21.3 Å². The van der Waals surface area contributed by atoms with Crippen molar-refractivity contribution in [3.8, 4) is 0 Å². The lowest BCUT2D eigenvalue weighted by Gasteiger charge is -2.33. The molecule has 0 saturated heterocycles. The SMILES string of the molecule is OC1(C(F)(F)F)CCCc2c1[nH]c1c(Cl)c(Cl)ccc21. The molecule has 7 heteroatoms. The van der Waals surface area contributed by atoms with Gasteiger partial charge in [0.25, 0.3) is 0 Å². The quantitative estimate of drug-likeness (QED) is 0.732. The van der Waals surface area contributed by atoms with Crippen molar-refractivity contribution in [2.24, 2.45) is 0 Å². The molecule has 1 heterocycles. The minimum Gasteiger partial charge on any atom is -0.375 e. The Morgan fingerprint density at radius 2 is 1.95 bits per heavy atom. The Balaban J connectivity index is 2.34. The summed E-state index contributed by atoms with van der Waals surface area (Å²) in [4.78, 5) is 2.64. The average Bonchev–Trinajstić information content (AvgIpc) is 2.74. The van der Waals surface area contributed by atoms with Crippen molar-refractivity contribution >= 4 is 34.1 Å². The van der Waals surface area contributed by atoms with E-state index in [1.165, 1.54) is 0 Å². The maximum atomic E-state index is 13.2. The number of aromatic nitrogens is 1. The van der Waals surface area contributed by atoms with Gasteiger partial charge in [-0.3, -0.25) is 0 Å². The number of rotatable bonds is 0. The summed E-state index contributed by atoms with van der Waals surface area (Å²) in [6.45, 7) is 0. The third-order valence-corrected chi connectivity index (χ3v) is 4.62. The van der Waals surface area contributed by atoms with Crippen LogP contribution in [-0.2, 0) is 12.0 Å². The molecule has 1 atom stereocenters. The molecule has 0 fully saturated rings. The number of alkyl halides is 3. The second-order valence-electron chi connectivity index (χ2n) is 4.97. The van der Waals surface area contributed by atoms with Crippen LogP contribution in [-0.4, -0.2) is 16.3 Å². The van der Waals surface area contributed by atoms with E-state index in [0.29, 0.717) is 22.9 Å². The van der Waals surface area contributed by atoms with Crippen LogP contribution in [0.5, 0.6) is 0 Å². The Bertz CT molecular complexity index is 695. The third kappa shape index (κ3) is 1.76. The largest absolute Gasteiger partial charge is 0.422 e. The topological polar surface area (TPSA) is 36.0 Å². The van der Waals surface area contributed by atoms with Crippen molar-refractivity contribution in [2.75, 3.05) is 0 Å². The molecule has 0 amide bonds. The van der Waals surface area contributed by atoms with Gasteiger partial charge in [0.15, 0.2) is 0 Å². The zero-order valence-corrected chi connectivity index (χ0v) is 11.6. The molecule has 1 aliphatic carbocycles. The summed E-state index contributed by atoms with van der Waals surface area (Å²) in [6, 6.07) is 3.17. The summed E-state index contributed by atoms with van der Waals surface area (Å²) in [5.74, 6) is 0. The van der Waals surface area contributed by atoms with E-state index in [2.05, 4.69) is 4.98 Å². The van der Waals surface area contributed by atoms with Crippen molar-refractivity contribution in [1.82, 2.24) is 4.98 Å². The third-order valence-electron chi connectivity index (χ3n) is 3.82. The van der Waals surface area contributed by atoms with Crippen molar-refractivity contribution in [2.45, 2.75) is 31.0 Å². The normalized spacial score (nSPS) is 23.1. The zero-order chi connectivity index (χ0) is 14.7. The number of H-pyrrole nitrogens is 1. The summed E-state index contributed by atoms with van der Waals surface area (Å²) in [5, 5.41) is 11.1. The number of hydrogen-bond donors (Lipinski definition) is 2. The number of halogens is 5. The van der Waals surface area contributed by atoms with Crippen LogP contribution in [0.2, 0.25) is 10.0 Å². The lowest BCUT2D eigenvalue weighted by atomic mass is 9.82. The van der Waals surface area contributed by atoms with E-state index in [1.807, 2.05) is 0 Å². The van der Waals surface area contributed by atoms with Crippen LogP contribution in [0.4, 0.5) is 13.2 Å². The van der Waals surface area contributed by atoms with Gasteiger partial charge in [-0.2, -0.15) is 13.2 Å². The number of aliphatic hydroxyl groups is 1. The van der Waals surface area contributed by atoms with E-state index < -0.39 is 11.8 Å². The van der Waals surface area contributed by atoms with Gasteiger partial charge in [-0.15, -0.1) is 0 Å². The Morgan fingerprint density at radius 1 is 1.25 bits per heavy atom. The molecule has 1 aliphatic rings. The van der Waals surface area contributed by atoms with Crippen LogP contribution < -0.4 is 0 Å². The molecule has 0 saturated carbocycles. The predicted molar refractivity (Wildman–Crippen MR) is 71.2 cm³/mol. The van der Waals surface area contributed by atoms with Gasteiger partial charge in [-0.05, 0) is 30.9 Å². The van der Waals surface area contributed by atoms with Crippen LogP contribution in [0.25, 0.3) is 10.9 Å². The fraction of sp³-hybridized carbons (Fsp3) is 0.385. The number of nitrogens with one attached hydrogen (secondary N) is 1. The molecular formula is C13H10Cl2F3NO. The highest BCUT2D eigenvalue weighted by atomic mass is 35.5. The van der Waals surface area contributed by atoms with Crippen LogP contribution >= 0.6 is 23.2 Å². The summed E-state index contributed by atoms with van der Waals surface area (Å²) >= 11 is 11.9. The molecule has 1 aromatic heterocycles. The van der Waals surface area contributed by atoms with Crippen molar-refractivity contribution in [3.63, 3.8) is 0 Å². The first-order valence-electron chi connectivity index (χ1n) is 6.04. The fourth-order valence-electron chi connectivity index (χ4n) is 2.80. The molecule has 2 N–H and O–H groups in total. The summed E-state index contributed by atoms with van der Waals surface area (Å²) in [5.41, 5.74) is -2.26. The second-order valence-corrected chi connectivity index (χ2v) is 5.76. The Morgan fingerprint density at radius 3 is 2.60 bits per heavy atom. The van der Waals surface area contributed by atoms with E-state index in [9.17, 15) is 18.3 Å². The predicted octanol–water partition coefficient (Wildman–Crippen LogP) is 4.56. The van der Waals surface area contributed by atoms with Crippen LogP contribution in [0, 0.1) is 0 Å². The molecule has 108 valence electrons. The highest BCUT2D eigenvalue weighted by Gasteiger charge is 2.57. The van der Waals surface area contributed by atoms with E-state index in [1.54, 1.807) is 12.1 Å². The zero-order valence-electron chi connectivity index (χ0n) is 10.1. The van der Waals surface area contributed by atoms with Gasteiger partial charge in [-0.1, -0.05) is 29.3 Å². The molecule has 1 aromatic carbocycles. The molecule has 2 aromatic rings. The lowest BCUT2D eigenvalue weighted by molar-refractivity contribution is -0.272. The smallest absolute Gasteiger partial charge is 0.375 e. The van der Waals surface area contributed by atoms with Gasteiger partial charge in [-0.25, -0.2) is 0 Å². The van der Waals surface area contributed by atoms with E-state index in [-0.39, 0.29) is 28.6 Å². The van der Waals surface area contributed by atoms with Gasteiger partial charge < -0.3 is 10.1 Å². The fourth-order valence-corrected chi connectivity index (χ4v) is 3.17. The number of benzene rings is 1. The first kappa shape index (κ1) is 14.0. The molecule has 0 bridgehead atoms.